The number of hydrogen-bond acceptors (Lipinski definition) is 0. The van der Waals surface area contributed by atoms with Crippen LogP contribution in [0.3, 0.4) is 0 Å². The maximum Gasteiger partial charge on any atom is 0.173 e. The van der Waals surface area contributed by atoms with Gasteiger partial charge in [0.2, 0.25) is 0 Å². The number of rotatable bonds is 6. The van der Waals surface area contributed by atoms with Gasteiger partial charge in [0.1, 0.15) is 6.15 Å². The lowest BCUT2D eigenvalue weighted by Crippen LogP contribution is -2.74. The van der Waals surface area contributed by atoms with E-state index in [-0.39, 0.29) is 0 Å². The number of hydrogen-bond donors (Lipinski definition) is 0. The van der Waals surface area contributed by atoms with Gasteiger partial charge < -0.3 is 0 Å². The van der Waals surface area contributed by atoms with Crippen LogP contribution in [0.4, 0.5) is 0 Å². The standard InChI is InChI=1S/C24H20B.C13H14N/c1-5-13-21(14-6-1)25(22-15-7-2-8-16-22,23-17-9-3-10-18-23)24-19-11-4-12-20-24;1-12-6-5-9-14(10-12)11-13-7-3-2-4-8-13/h1-20H;2-10H,11H2,1H3/q-1;+1. The second kappa shape index (κ2) is 12.7. The summed E-state index contributed by atoms with van der Waals surface area (Å²) in [5.41, 5.74) is 7.99. The number of aromatic nitrogens is 1. The Bertz CT molecular complexity index is 1390. The minimum atomic E-state index is -1.22. The summed E-state index contributed by atoms with van der Waals surface area (Å²) in [5, 5.41) is 0. The van der Waals surface area contributed by atoms with E-state index in [2.05, 4.69) is 182 Å². The van der Waals surface area contributed by atoms with E-state index in [9.17, 15) is 0 Å². The van der Waals surface area contributed by atoms with Crippen LogP contribution in [-0.2, 0) is 6.54 Å². The van der Waals surface area contributed by atoms with Gasteiger partial charge in [-0.1, -0.05) is 152 Å². The van der Waals surface area contributed by atoms with Crippen LogP contribution in [0.2, 0.25) is 0 Å². The van der Waals surface area contributed by atoms with Gasteiger partial charge in [0.15, 0.2) is 18.9 Å². The molecule has 0 aliphatic rings. The Hall–Kier alpha value is -4.69. The first kappa shape index (κ1) is 25.9. The van der Waals surface area contributed by atoms with Gasteiger partial charge in [-0.25, -0.2) is 4.57 Å². The van der Waals surface area contributed by atoms with Crippen molar-refractivity contribution in [2.75, 3.05) is 0 Å². The highest BCUT2D eigenvalue weighted by molar-refractivity contribution is 7.19. The quantitative estimate of drug-likeness (QED) is 0.212. The second-order valence-corrected chi connectivity index (χ2v) is 10.0. The molecule has 0 amide bonds. The molecule has 0 bridgehead atoms. The maximum atomic E-state index is 2.26. The fourth-order valence-electron chi connectivity index (χ4n) is 5.67. The van der Waals surface area contributed by atoms with Crippen LogP contribution in [0.5, 0.6) is 0 Å². The average Bonchev–Trinajstić information content (AvgIpc) is 3.01. The molecule has 190 valence electrons. The zero-order valence-electron chi connectivity index (χ0n) is 22.5. The number of nitrogens with zero attached hydrogens (tertiary/aromatic N) is 1. The lowest BCUT2D eigenvalue weighted by atomic mass is 9.13. The zero-order valence-corrected chi connectivity index (χ0v) is 22.5. The van der Waals surface area contributed by atoms with Crippen molar-refractivity contribution >= 4 is 28.0 Å². The monoisotopic (exact) mass is 503 g/mol. The third kappa shape index (κ3) is 6.08. The van der Waals surface area contributed by atoms with Crippen molar-refractivity contribution in [1.29, 1.82) is 0 Å². The maximum absolute atomic E-state index is 2.26. The van der Waals surface area contributed by atoms with Gasteiger partial charge in [0.05, 0.1) is 0 Å². The average molecular weight is 503 g/mol. The molecule has 1 heterocycles. The SMILES string of the molecule is Cc1ccc[n+](Cc2ccccc2)c1.c1ccc([B-](c2ccccc2)(c2ccccc2)c2ccccc2)cc1. The van der Waals surface area contributed by atoms with Gasteiger partial charge in [-0.2, -0.15) is 21.9 Å². The number of aryl methyl sites for hydroxylation is 1. The summed E-state index contributed by atoms with van der Waals surface area (Å²) in [5.74, 6) is 0. The van der Waals surface area contributed by atoms with Gasteiger partial charge in [0, 0.05) is 17.2 Å². The van der Waals surface area contributed by atoms with Crippen molar-refractivity contribution in [3.8, 4) is 0 Å². The van der Waals surface area contributed by atoms with Gasteiger partial charge in [-0.15, -0.1) is 0 Å². The van der Waals surface area contributed by atoms with Crippen molar-refractivity contribution in [3.63, 3.8) is 0 Å². The van der Waals surface area contributed by atoms with Crippen LogP contribution in [0, 0.1) is 6.92 Å². The highest BCUT2D eigenvalue weighted by Crippen LogP contribution is 2.09. The van der Waals surface area contributed by atoms with Gasteiger partial charge in [-0.3, -0.25) is 0 Å². The molecule has 5 aromatic carbocycles. The van der Waals surface area contributed by atoms with Gasteiger partial charge >= 0.3 is 0 Å². The normalized spacial score (nSPS) is 10.8. The number of benzene rings is 5. The van der Waals surface area contributed by atoms with Crippen molar-refractivity contribution in [2.45, 2.75) is 13.5 Å². The van der Waals surface area contributed by atoms with E-state index in [1.54, 1.807) is 0 Å². The second-order valence-electron chi connectivity index (χ2n) is 10.0. The molecule has 6 aromatic rings. The number of pyridine rings is 1. The molecule has 0 saturated heterocycles. The topological polar surface area (TPSA) is 3.88 Å². The van der Waals surface area contributed by atoms with E-state index in [0.717, 1.165) is 6.54 Å². The van der Waals surface area contributed by atoms with Crippen molar-refractivity contribution in [2.24, 2.45) is 0 Å². The van der Waals surface area contributed by atoms with Gasteiger partial charge in [-0.05, 0) is 13.0 Å². The summed E-state index contributed by atoms with van der Waals surface area (Å²) in [6.45, 7) is 3.06. The van der Waals surface area contributed by atoms with E-state index >= 15 is 0 Å². The summed E-state index contributed by atoms with van der Waals surface area (Å²) in [6, 6.07) is 58.2. The summed E-state index contributed by atoms with van der Waals surface area (Å²) < 4.78 is 2.20. The predicted octanol–water partition coefficient (Wildman–Crippen LogP) is 5.39. The minimum Gasteiger partial charge on any atom is -0.201 e. The third-order valence-corrected chi connectivity index (χ3v) is 7.41. The Balaban J connectivity index is 0.000000186. The largest absolute Gasteiger partial charge is 0.201 e. The van der Waals surface area contributed by atoms with E-state index in [4.69, 9.17) is 0 Å². The fraction of sp³-hybridized carbons (Fsp3) is 0.0541. The zero-order chi connectivity index (χ0) is 26.8. The fourth-order valence-corrected chi connectivity index (χ4v) is 5.67. The van der Waals surface area contributed by atoms with Crippen LogP contribution >= 0.6 is 0 Å². The Morgan fingerprint density at radius 3 is 1.15 bits per heavy atom. The first-order valence-corrected chi connectivity index (χ1v) is 13.6. The van der Waals surface area contributed by atoms with Crippen LogP contribution < -0.4 is 26.4 Å². The molecule has 0 unspecified atom stereocenters. The van der Waals surface area contributed by atoms with E-state index in [1.807, 2.05) is 6.07 Å². The van der Waals surface area contributed by atoms with Crippen LogP contribution in [0.15, 0.2) is 176 Å². The van der Waals surface area contributed by atoms with Crippen molar-refractivity contribution < 1.29 is 4.57 Å². The first-order valence-electron chi connectivity index (χ1n) is 13.6. The molecule has 2 heteroatoms. The molecule has 0 N–H and O–H groups in total. The lowest BCUT2D eigenvalue weighted by Gasteiger charge is -2.44. The molecule has 0 saturated carbocycles. The van der Waals surface area contributed by atoms with Crippen LogP contribution in [0.1, 0.15) is 11.1 Å². The summed E-state index contributed by atoms with van der Waals surface area (Å²) >= 11 is 0. The molecule has 0 aliphatic carbocycles. The summed E-state index contributed by atoms with van der Waals surface area (Å²) in [6.07, 6.45) is 3.04. The highest BCUT2D eigenvalue weighted by Gasteiger charge is 2.31. The lowest BCUT2D eigenvalue weighted by molar-refractivity contribution is -0.688. The van der Waals surface area contributed by atoms with E-state index in [0.29, 0.717) is 0 Å². The summed E-state index contributed by atoms with van der Waals surface area (Å²) in [4.78, 5) is 0. The molecule has 0 aliphatic heterocycles. The van der Waals surface area contributed by atoms with Crippen molar-refractivity contribution in [1.82, 2.24) is 0 Å². The Kier molecular flexibility index (Phi) is 8.46. The molecular formula is C37H34BN. The van der Waals surface area contributed by atoms with Crippen molar-refractivity contribution in [3.05, 3.63) is 187 Å². The smallest absolute Gasteiger partial charge is 0.173 e. The van der Waals surface area contributed by atoms with Crippen LogP contribution in [0.25, 0.3) is 0 Å². The minimum absolute atomic E-state index is 0.947. The van der Waals surface area contributed by atoms with E-state index in [1.165, 1.54) is 33.0 Å². The molecule has 0 spiro atoms. The van der Waals surface area contributed by atoms with E-state index < -0.39 is 6.15 Å². The molecule has 0 atom stereocenters. The molecule has 1 nitrogen and oxygen atoms in total. The molecule has 0 radical (unpaired) electrons. The summed E-state index contributed by atoms with van der Waals surface area (Å²) in [7, 11) is 0. The highest BCUT2D eigenvalue weighted by atomic mass is 14.9. The van der Waals surface area contributed by atoms with Gasteiger partial charge in [0.25, 0.3) is 0 Å². The predicted molar refractivity (Wildman–Crippen MR) is 167 cm³/mol. The molecular weight excluding hydrogens is 469 g/mol. The Morgan fingerprint density at radius 2 is 0.795 bits per heavy atom. The first-order chi connectivity index (χ1) is 19.3. The molecule has 6 rings (SSSR count). The molecule has 0 fully saturated rings. The Labute approximate surface area is 233 Å². The van der Waals surface area contributed by atoms with Crippen LogP contribution in [-0.4, -0.2) is 6.15 Å². The third-order valence-electron chi connectivity index (χ3n) is 7.41. The Morgan fingerprint density at radius 1 is 0.436 bits per heavy atom. The molecule has 1 aromatic heterocycles. The molecule has 39 heavy (non-hydrogen) atoms.